The zero-order valence-electron chi connectivity index (χ0n) is 9.04. The number of aliphatic hydroxyl groups excluding tert-OH is 2. The normalized spacial score (nSPS) is 11.4. The van der Waals surface area contributed by atoms with Gasteiger partial charge in [-0.1, -0.05) is 0 Å². The van der Waals surface area contributed by atoms with Crippen molar-refractivity contribution in [3.8, 4) is 0 Å². The van der Waals surface area contributed by atoms with Crippen LogP contribution in [0.15, 0.2) is 0 Å². The van der Waals surface area contributed by atoms with Crippen molar-refractivity contribution in [2.75, 3.05) is 0 Å². The molecule has 0 aromatic heterocycles. The predicted octanol–water partition coefficient (Wildman–Crippen LogP) is -10.7. The van der Waals surface area contributed by atoms with E-state index in [2.05, 4.69) is 0 Å². The van der Waals surface area contributed by atoms with Gasteiger partial charge in [-0.25, -0.2) is 4.79 Å². The number of aliphatic carboxylic acids is 3. The van der Waals surface area contributed by atoms with Crippen molar-refractivity contribution in [3.63, 3.8) is 0 Å². The molecule has 3 N–H and O–H groups in total. The fraction of sp³-hybridized carbons (Fsp3) is 0.500. The van der Waals surface area contributed by atoms with Crippen molar-refractivity contribution in [2.45, 2.75) is 19.1 Å². The van der Waals surface area contributed by atoms with E-state index in [1.807, 2.05) is 0 Å². The second kappa shape index (κ2) is 13.4. The first kappa shape index (κ1) is 25.2. The smallest absolute Gasteiger partial charge is 0.550 e. The van der Waals surface area contributed by atoms with E-state index in [9.17, 15) is 14.7 Å². The quantitative estimate of drug-likeness (QED) is 0.418. The van der Waals surface area contributed by atoms with Gasteiger partial charge < -0.3 is 35.1 Å². The first-order valence-corrected chi connectivity index (χ1v) is 3.17. The molecule has 0 amide bonds. The molecule has 0 rings (SSSR count). The number of hydrogen-bond donors (Lipinski definition) is 3. The van der Waals surface area contributed by atoms with Crippen LogP contribution in [0.2, 0.25) is 0 Å². The molecule has 8 nitrogen and oxygen atoms in total. The standard InChI is InChI=1S/C4H6O6.C2H4O2.2Na/c5-1(3(7)8)2(6)4(9)10;1-2(3)4;;/h1-2,5-6H,(H,7,8)(H,9,10);1H3,(H,3,4);;/q;;2*+1/p-2/t1-,2-;;;/m1.../s1. The molecule has 0 heterocycles. The van der Waals surface area contributed by atoms with Crippen LogP contribution in [0, 0.1) is 0 Å². The molecule has 2 atom stereocenters. The van der Waals surface area contributed by atoms with Gasteiger partial charge in [-0.15, -0.1) is 0 Å². The third kappa shape index (κ3) is 16.7. The molecule has 0 saturated heterocycles. The van der Waals surface area contributed by atoms with E-state index in [1.165, 1.54) is 0 Å². The maximum absolute atomic E-state index is 9.74. The fourth-order valence-electron chi connectivity index (χ4n) is 0.264. The number of hydrogen-bond acceptors (Lipinski definition) is 7. The summed E-state index contributed by atoms with van der Waals surface area (Å²) in [5, 5.41) is 43.0. The number of carbonyl (C=O) groups is 3. The number of aliphatic hydroxyl groups is 2. The predicted molar refractivity (Wildman–Crippen MR) is 35.3 cm³/mol. The molecule has 0 aromatic carbocycles. The van der Waals surface area contributed by atoms with Crippen molar-refractivity contribution in [2.24, 2.45) is 0 Å². The molecule has 0 aliphatic rings. The minimum atomic E-state index is -2.38. The third-order valence-electron chi connectivity index (χ3n) is 0.794. The van der Waals surface area contributed by atoms with Gasteiger partial charge in [-0.3, -0.25) is 0 Å². The Hall–Kier alpha value is 0.330. The Morgan fingerprint density at radius 3 is 1.31 bits per heavy atom. The van der Waals surface area contributed by atoms with Crippen LogP contribution in [0.1, 0.15) is 6.92 Å². The molecule has 0 aliphatic carbocycles. The van der Waals surface area contributed by atoms with Gasteiger partial charge in [0.05, 0.1) is 5.97 Å². The number of carbonyl (C=O) groups excluding carboxylic acids is 2. The molecule has 10 heteroatoms. The first-order valence-electron chi connectivity index (χ1n) is 3.17. The summed E-state index contributed by atoms with van der Waals surface area (Å²) in [4.78, 5) is 28.3. The van der Waals surface area contributed by atoms with E-state index >= 15 is 0 Å². The SMILES string of the molecule is CC(=O)[O-].O=C([O-])[C@H](O)[C@@H](O)C(=O)O.[Na+].[Na+]. The minimum Gasteiger partial charge on any atom is -0.550 e. The monoisotopic (exact) mass is 254 g/mol. The largest absolute Gasteiger partial charge is 1.00 e. The maximum atomic E-state index is 9.74. The van der Waals surface area contributed by atoms with Gasteiger partial charge in [-0.2, -0.15) is 0 Å². The zero-order chi connectivity index (χ0) is 11.9. The van der Waals surface area contributed by atoms with Gasteiger partial charge in [0, 0.05) is 5.97 Å². The van der Waals surface area contributed by atoms with E-state index in [0.29, 0.717) is 0 Å². The second-order valence-corrected chi connectivity index (χ2v) is 2.04. The Balaban J connectivity index is -0.000000105. The summed E-state index contributed by atoms with van der Waals surface area (Å²) in [7, 11) is 0. The van der Waals surface area contributed by atoms with Crippen molar-refractivity contribution < 1.29 is 99.0 Å². The topological polar surface area (TPSA) is 158 Å². The van der Waals surface area contributed by atoms with Crippen LogP contribution in [0.4, 0.5) is 0 Å². The molecule has 0 aliphatic heterocycles. The molecule has 0 radical (unpaired) electrons. The van der Waals surface area contributed by atoms with Crippen molar-refractivity contribution in [1.29, 1.82) is 0 Å². The van der Waals surface area contributed by atoms with E-state index in [-0.39, 0.29) is 59.1 Å². The molecule has 0 aromatic rings. The van der Waals surface area contributed by atoms with Crippen molar-refractivity contribution in [1.82, 2.24) is 0 Å². The molecule has 82 valence electrons. The number of carboxylic acid groups (broad SMARTS) is 3. The minimum absolute atomic E-state index is 0. The Labute approximate surface area is 135 Å². The molecule has 0 spiro atoms. The van der Waals surface area contributed by atoms with Crippen LogP contribution < -0.4 is 69.3 Å². The summed E-state index contributed by atoms with van der Waals surface area (Å²) in [5.74, 6) is -4.91. The molecule has 0 unspecified atom stereocenters. The summed E-state index contributed by atoms with van der Waals surface area (Å²) in [6, 6.07) is 0. The van der Waals surface area contributed by atoms with E-state index in [1.54, 1.807) is 0 Å². The Morgan fingerprint density at radius 2 is 1.25 bits per heavy atom. The van der Waals surface area contributed by atoms with Crippen LogP contribution in [0.5, 0.6) is 0 Å². The van der Waals surface area contributed by atoms with Gasteiger partial charge >= 0.3 is 65.1 Å². The van der Waals surface area contributed by atoms with E-state index < -0.39 is 30.1 Å². The molecule has 0 bridgehead atoms. The average Bonchev–Trinajstić information content (AvgIpc) is 2.00. The fourth-order valence-corrected chi connectivity index (χ4v) is 0.264. The van der Waals surface area contributed by atoms with Crippen molar-refractivity contribution in [3.05, 3.63) is 0 Å². The average molecular weight is 254 g/mol. The van der Waals surface area contributed by atoms with E-state index in [0.717, 1.165) is 6.92 Å². The summed E-state index contributed by atoms with van der Waals surface area (Å²) in [6.45, 7) is 0.972. The summed E-state index contributed by atoms with van der Waals surface area (Å²) >= 11 is 0. The van der Waals surface area contributed by atoms with Crippen molar-refractivity contribution >= 4 is 17.9 Å². The zero-order valence-corrected chi connectivity index (χ0v) is 13.0. The molecule has 0 saturated carbocycles. The van der Waals surface area contributed by atoms with Gasteiger partial charge in [0.25, 0.3) is 0 Å². The summed E-state index contributed by atoms with van der Waals surface area (Å²) in [6.07, 6.45) is -4.71. The van der Waals surface area contributed by atoms with Crippen LogP contribution in [-0.2, 0) is 14.4 Å². The summed E-state index contributed by atoms with van der Waals surface area (Å²) in [5.41, 5.74) is 0. The van der Waals surface area contributed by atoms with Crippen LogP contribution >= 0.6 is 0 Å². The Kier molecular flexibility index (Phi) is 21.1. The number of rotatable bonds is 3. The number of carboxylic acids is 3. The van der Waals surface area contributed by atoms with Gasteiger partial charge in [0.2, 0.25) is 0 Å². The van der Waals surface area contributed by atoms with Crippen LogP contribution in [-0.4, -0.2) is 45.4 Å². The van der Waals surface area contributed by atoms with Crippen LogP contribution in [0.3, 0.4) is 0 Å². The Bertz CT molecular complexity index is 209. The maximum Gasteiger partial charge on any atom is 1.00 e. The van der Waals surface area contributed by atoms with Crippen LogP contribution in [0.25, 0.3) is 0 Å². The van der Waals surface area contributed by atoms with Gasteiger partial charge in [-0.05, 0) is 6.92 Å². The second-order valence-electron chi connectivity index (χ2n) is 2.04. The molecular weight excluding hydrogens is 246 g/mol. The van der Waals surface area contributed by atoms with E-state index in [4.69, 9.17) is 25.2 Å². The molecule has 0 fully saturated rings. The van der Waals surface area contributed by atoms with Gasteiger partial charge in [0.1, 0.15) is 6.10 Å². The molecule has 16 heavy (non-hydrogen) atoms. The summed E-state index contributed by atoms with van der Waals surface area (Å²) < 4.78 is 0. The molecular formula is C6H8Na2O8. The van der Waals surface area contributed by atoms with Gasteiger partial charge in [0.15, 0.2) is 6.10 Å². The Morgan fingerprint density at radius 1 is 1.00 bits per heavy atom. The first-order chi connectivity index (χ1) is 6.20. The third-order valence-corrected chi connectivity index (χ3v) is 0.794.